The molecule has 1 aromatic heterocycles. The second-order valence-electron chi connectivity index (χ2n) is 5.30. The van der Waals surface area contributed by atoms with Gasteiger partial charge in [-0.15, -0.1) is 0 Å². The molecule has 0 spiro atoms. The van der Waals surface area contributed by atoms with Gasteiger partial charge < -0.3 is 19.7 Å². The Morgan fingerprint density at radius 3 is 2.48 bits per heavy atom. The monoisotopic (exact) mass is 334 g/mol. The highest BCUT2D eigenvalue weighted by Gasteiger charge is 2.15. The number of amides is 1. The van der Waals surface area contributed by atoms with Gasteiger partial charge in [0, 0.05) is 6.54 Å². The first kappa shape index (κ1) is 17.3. The minimum absolute atomic E-state index is 0.00385. The topological polar surface area (TPSA) is 50.8 Å². The molecule has 0 aliphatic carbocycles. The molecule has 0 unspecified atom stereocenters. The lowest BCUT2D eigenvalue weighted by Crippen LogP contribution is -2.36. The number of nitrogens with one attached hydrogen (secondary N) is 1. The molecular weight excluding hydrogens is 312 g/mol. The van der Waals surface area contributed by atoms with Crippen LogP contribution >= 0.6 is 11.3 Å². The molecule has 23 heavy (non-hydrogen) atoms. The summed E-state index contributed by atoms with van der Waals surface area (Å²) in [6, 6.07) is 9.39. The molecule has 6 heteroatoms. The summed E-state index contributed by atoms with van der Waals surface area (Å²) >= 11 is 1.66. The predicted octanol–water partition coefficient (Wildman–Crippen LogP) is 2.55. The average molecular weight is 334 g/mol. The highest BCUT2D eigenvalue weighted by atomic mass is 32.1. The Balaban J connectivity index is 1.79. The van der Waals surface area contributed by atoms with Crippen LogP contribution in [0.25, 0.3) is 0 Å². The van der Waals surface area contributed by atoms with E-state index in [1.807, 2.05) is 19.5 Å². The Kier molecular flexibility index (Phi) is 6.43. The zero-order valence-corrected chi connectivity index (χ0v) is 14.4. The highest BCUT2D eigenvalue weighted by Crippen LogP contribution is 2.20. The summed E-state index contributed by atoms with van der Waals surface area (Å²) in [5.41, 5.74) is 1.20. The molecule has 1 N–H and O–H groups in total. The quantitative estimate of drug-likeness (QED) is 0.806. The first-order valence-electron chi connectivity index (χ1n) is 7.32. The van der Waals surface area contributed by atoms with Crippen LogP contribution in [0.5, 0.6) is 11.5 Å². The molecule has 0 saturated carbocycles. The highest BCUT2D eigenvalue weighted by molar-refractivity contribution is 7.07. The zero-order chi connectivity index (χ0) is 16.7. The summed E-state index contributed by atoms with van der Waals surface area (Å²) in [5, 5.41) is 7.06. The van der Waals surface area contributed by atoms with Crippen LogP contribution in [0.4, 0.5) is 0 Å². The van der Waals surface area contributed by atoms with Gasteiger partial charge in [0.1, 0.15) is 11.5 Å². The number of likely N-dealkylation sites (N-methyl/N-ethyl adjacent to an activating group) is 1. The maximum Gasteiger partial charge on any atom is 0.258 e. The third-order valence-electron chi connectivity index (χ3n) is 3.47. The van der Waals surface area contributed by atoms with E-state index in [1.54, 1.807) is 42.7 Å². The molecule has 2 aromatic rings. The van der Waals surface area contributed by atoms with Gasteiger partial charge in [0.2, 0.25) is 0 Å². The second-order valence-corrected chi connectivity index (χ2v) is 6.08. The Bertz CT molecular complexity index is 597. The largest absolute Gasteiger partial charge is 0.497 e. The Labute approximate surface area is 140 Å². The average Bonchev–Trinajstić information content (AvgIpc) is 3.07. The molecule has 1 heterocycles. The van der Waals surface area contributed by atoms with Crippen LogP contribution in [0.15, 0.2) is 41.1 Å². The van der Waals surface area contributed by atoms with Gasteiger partial charge in [-0.2, -0.15) is 11.3 Å². The van der Waals surface area contributed by atoms with Gasteiger partial charge in [0.15, 0.2) is 6.61 Å². The molecule has 0 radical (unpaired) electrons. The van der Waals surface area contributed by atoms with Crippen LogP contribution in [0.3, 0.4) is 0 Å². The Morgan fingerprint density at radius 1 is 1.22 bits per heavy atom. The van der Waals surface area contributed by atoms with Crippen molar-refractivity contribution in [3.05, 3.63) is 46.7 Å². The van der Waals surface area contributed by atoms with E-state index in [0.29, 0.717) is 12.3 Å². The van der Waals surface area contributed by atoms with Crippen molar-refractivity contribution < 1.29 is 14.3 Å². The fourth-order valence-electron chi connectivity index (χ4n) is 2.15. The van der Waals surface area contributed by atoms with Crippen LogP contribution in [0, 0.1) is 0 Å². The fraction of sp³-hybridized carbons (Fsp3) is 0.353. The number of benzene rings is 1. The van der Waals surface area contributed by atoms with Crippen molar-refractivity contribution in [1.29, 1.82) is 0 Å². The number of methoxy groups -OCH3 is 1. The molecule has 1 aromatic carbocycles. The lowest BCUT2D eigenvalue weighted by atomic mass is 10.1. The van der Waals surface area contributed by atoms with Gasteiger partial charge in [0.25, 0.3) is 5.91 Å². The van der Waals surface area contributed by atoms with E-state index in [0.717, 1.165) is 5.75 Å². The van der Waals surface area contributed by atoms with E-state index in [1.165, 1.54) is 5.56 Å². The number of rotatable bonds is 8. The molecule has 0 aliphatic rings. The van der Waals surface area contributed by atoms with Crippen LogP contribution in [0.2, 0.25) is 0 Å². The summed E-state index contributed by atoms with van der Waals surface area (Å²) in [5.74, 6) is 1.26. The molecule has 0 bridgehead atoms. The smallest absolute Gasteiger partial charge is 0.258 e. The summed E-state index contributed by atoms with van der Waals surface area (Å²) in [6.45, 7) is 0.546. The molecule has 2 rings (SSSR count). The van der Waals surface area contributed by atoms with Gasteiger partial charge in [-0.25, -0.2) is 0 Å². The number of nitrogens with zero attached hydrogens (tertiary/aromatic N) is 1. The van der Waals surface area contributed by atoms with E-state index in [2.05, 4.69) is 21.7 Å². The summed E-state index contributed by atoms with van der Waals surface area (Å²) in [7, 11) is 5.61. The molecule has 1 atom stereocenters. The fourth-order valence-corrected chi connectivity index (χ4v) is 2.85. The standard InChI is InChI=1S/C17H22N2O3S/c1-19(2)16(13-8-9-23-12-13)10-18-17(20)11-22-15-6-4-14(21-3)5-7-15/h4-9,12,16H,10-11H2,1-3H3,(H,18,20)/t16-/m1/s1. The van der Waals surface area contributed by atoms with Crippen LogP contribution in [-0.2, 0) is 4.79 Å². The molecule has 0 saturated heterocycles. The van der Waals surface area contributed by atoms with Crippen molar-refractivity contribution >= 4 is 17.2 Å². The van der Waals surface area contributed by atoms with E-state index < -0.39 is 0 Å². The van der Waals surface area contributed by atoms with Crippen molar-refractivity contribution in [2.75, 3.05) is 34.4 Å². The van der Waals surface area contributed by atoms with E-state index >= 15 is 0 Å². The normalized spacial score (nSPS) is 12.0. The zero-order valence-electron chi connectivity index (χ0n) is 13.6. The van der Waals surface area contributed by atoms with Crippen LogP contribution in [-0.4, -0.2) is 45.2 Å². The Hall–Kier alpha value is -2.05. The number of thiophene rings is 1. The van der Waals surface area contributed by atoms with Crippen LogP contribution < -0.4 is 14.8 Å². The van der Waals surface area contributed by atoms with Crippen molar-refractivity contribution in [2.45, 2.75) is 6.04 Å². The summed E-state index contributed by atoms with van der Waals surface area (Å²) < 4.78 is 10.6. The van der Waals surface area contributed by atoms with E-state index in [9.17, 15) is 4.79 Å². The third-order valence-corrected chi connectivity index (χ3v) is 4.17. The molecule has 0 aliphatic heterocycles. The number of carbonyl (C=O) groups is 1. The lowest BCUT2D eigenvalue weighted by molar-refractivity contribution is -0.123. The van der Waals surface area contributed by atoms with E-state index in [-0.39, 0.29) is 18.6 Å². The SMILES string of the molecule is COc1ccc(OCC(=O)NC[C@H](c2ccsc2)N(C)C)cc1. The number of ether oxygens (including phenoxy) is 2. The van der Waals surface area contributed by atoms with Gasteiger partial charge in [-0.05, 0) is 60.8 Å². The van der Waals surface area contributed by atoms with Crippen molar-refractivity contribution in [3.63, 3.8) is 0 Å². The molecular formula is C17H22N2O3S. The molecule has 0 fully saturated rings. The number of hydrogen-bond acceptors (Lipinski definition) is 5. The van der Waals surface area contributed by atoms with E-state index in [4.69, 9.17) is 9.47 Å². The lowest BCUT2D eigenvalue weighted by Gasteiger charge is -2.24. The van der Waals surface area contributed by atoms with Crippen LogP contribution in [0.1, 0.15) is 11.6 Å². The van der Waals surface area contributed by atoms with Crippen molar-refractivity contribution in [1.82, 2.24) is 10.2 Å². The molecule has 1 amide bonds. The second kappa shape index (κ2) is 8.55. The summed E-state index contributed by atoms with van der Waals surface area (Å²) in [6.07, 6.45) is 0. The summed E-state index contributed by atoms with van der Waals surface area (Å²) in [4.78, 5) is 14.0. The minimum Gasteiger partial charge on any atom is -0.497 e. The van der Waals surface area contributed by atoms with Gasteiger partial charge in [-0.1, -0.05) is 0 Å². The van der Waals surface area contributed by atoms with Crippen molar-refractivity contribution in [3.8, 4) is 11.5 Å². The van der Waals surface area contributed by atoms with Crippen molar-refractivity contribution in [2.24, 2.45) is 0 Å². The maximum absolute atomic E-state index is 12.0. The minimum atomic E-state index is -0.136. The van der Waals surface area contributed by atoms with Gasteiger partial charge >= 0.3 is 0 Å². The Morgan fingerprint density at radius 2 is 1.91 bits per heavy atom. The third kappa shape index (κ3) is 5.26. The maximum atomic E-state index is 12.0. The van der Waals surface area contributed by atoms with Gasteiger partial charge in [0.05, 0.1) is 13.2 Å². The number of hydrogen-bond donors (Lipinski definition) is 1. The first-order chi connectivity index (χ1) is 11.1. The molecule has 5 nitrogen and oxygen atoms in total. The molecule has 124 valence electrons. The van der Waals surface area contributed by atoms with Gasteiger partial charge in [-0.3, -0.25) is 4.79 Å². The first-order valence-corrected chi connectivity index (χ1v) is 8.26. The predicted molar refractivity (Wildman–Crippen MR) is 92.2 cm³/mol. The number of carbonyl (C=O) groups excluding carboxylic acids is 1.